The molecule has 0 saturated heterocycles. The van der Waals surface area contributed by atoms with Crippen molar-refractivity contribution in [2.45, 2.75) is 33.0 Å². The van der Waals surface area contributed by atoms with Crippen LogP contribution in [0.15, 0.2) is 42.9 Å². The van der Waals surface area contributed by atoms with E-state index in [0.29, 0.717) is 6.04 Å². The van der Waals surface area contributed by atoms with E-state index >= 15 is 0 Å². The molecule has 0 fully saturated rings. The fourth-order valence-electron chi connectivity index (χ4n) is 1.97. The van der Waals surface area contributed by atoms with Crippen molar-refractivity contribution in [3.63, 3.8) is 0 Å². The topological polar surface area (TPSA) is 41.0 Å². The first-order valence-corrected chi connectivity index (χ1v) is 6.93. The highest BCUT2D eigenvalue weighted by atomic mass is 15.1. The number of nitrogens with zero attached hydrogens (tertiary/aromatic N) is 3. The summed E-state index contributed by atoms with van der Waals surface area (Å²) < 4.78 is 0. The molecule has 0 spiro atoms. The molecule has 4 heteroatoms. The highest BCUT2D eigenvalue weighted by Gasteiger charge is 2.04. The van der Waals surface area contributed by atoms with Crippen LogP contribution < -0.4 is 10.2 Å². The fourth-order valence-corrected chi connectivity index (χ4v) is 1.97. The van der Waals surface area contributed by atoms with Gasteiger partial charge in [-0.1, -0.05) is 19.9 Å². The quantitative estimate of drug-likeness (QED) is 0.876. The van der Waals surface area contributed by atoms with E-state index < -0.39 is 0 Å². The Hall–Kier alpha value is -1.94. The van der Waals surface area contributed by atoms with Crippen LogP contribution in [0.1, 0.15) is 25.1 Å². The molecule has 2 heterocycles. The first-order chi connectivity index (χ1) is 9.65. The highest BCUT2D eigenvalue weighted by Crippen LogP contribution is 2.15. The van der Waals surface area contributed by atoms with E-state index in [0.717, 1.165) is 18.8 Å². The summed E-state index contributed by atoms with van der Waals surface area (Å²) in [5, 5.41) is 3.39. The van der Waals surface area contributed by atoms with Gasteiger partial charge in [-0.05, 0) is 23.8 Å². The second kappa shape index (κ2) is 7.01. The maximum absolute atomic E-state index is 4.40. The molecule has 0 atom stereocenters. The minimum Gasteiger partial charge on any atom is -0.370 e. The molecule has 0 radical (unpaired) electrons. The fraction of sp³-hybridized carbons (Fsp3) is 0.375. The Morgan fingerprint density at radius 1 is 1.25 bits per heavy atom. The summed E-state index contributed by atoms with van der Waals surface area (Å²) in [4.78, 5) is 10.8. The molecule has 0 aliphatic rings. The predicted molar refractivity (Wildman–Crippen MR) is 82.6 cm³/mol. The first kappa shape index (κ1) is 14.5. The van der Waals surface area contributed by atoms with Crippen LogP contribution >= 0.6 is 0 Å². The minimum atomic E-state index is 0.466. The van der Waals surface area contributed by atoms with Gasteiger partial charge in [-0.25, -0.2) is 0 Å². The number of anilines is 1. The Kier molecular flexibility index (Phi) is 5.07. The van der Waals surface area contributed by atoms with Crippen molar-refractivity contribution in [3.8, 4) is 0 Å². The minimum absolute atomic E-state index is 0.466. The SMILES string of the molecule is CC(C)NCc1cc(N(C)Cc2cccnc2)ccn1. The molecule has 0 saturated carbocycles. The molecular formula is C16H22N4. The van der Waals surface area contributed by atoms with Crippen LogP contribution in [0.5, 0.6) is 0 Å². The van der Waals surface area contributed by atoms with Crippen LogP contribution in [0, 0.1) is 0 Å². The zero-order chi connectivity index (χ0) is 14.4. The van der Waals surface area contributed by atoms with Gasteiger partial charge < -0.3 is 10.2 Å². The van der Waals surface area contributed by atoms with E-state index in [9.17, 15) is 0 Å². The third-order valence-corrected chi connectivity index (χ3v) is 3.07. The molecule has 106 valence electrons. The van der Waals surface area contributed by atoms with E-state index in [4.69, 9.17) is 0 Å². The van der Waals surface area contributed by atoms with E-state index in [2.05, 4.69) is 53.2 Å². The van der Waals surface area contributed by atoms with E-state index in [1.54, 1.807) is 6.20 Å². The summed E-state index contributed by atoms with van der Waals surface area (Å²) in [7, 11) is 2.09. The number of hydrogen-bond donors (Lipinski definition) is 1. The summed E-state index contributed by atoms with van der Waals surface area (Å²) in [5.41, 5.74) is 3.44. The van der Waals surface area contributed by atoms with Crippen molar-refractivity contribution < 1.29 is 0 Å². The summed E-state index contributed by atoms with van der Waals surface area (Å²) in [6.07, 6.45) is 5.57. The van der Waals surface area contributed by atoms with Crippen LogP contribution in [0.25, 0.3) is 0 Å². The van der Waals surface area contributed by atoms with Crippen LogP contribution in [0.4, 0.5) is 5.69 Å². The monoisotopic (exact) mass is 270 g/mol. The molecule has 0 amide bonds. The highest BCUT2D eigenvalue weighted by molar-refractivity contribution is 5.46. The molecule has 2 aromatic heterocycles. The molecule has 20 heavy (non-hydrogen) atoms. The Morgan fingerprint density at radius 3 is 2.80 bits per heavy atom. The Morgan fingerprint density at radius 2 is 2.10 bits per heavy atom. The lowest BCUT2D eigenvalue weighted by Gasteiger charge is -2.20. The molecule has 4 nitrogen and oxygen atoms in total. The van der Waals surface area contributed by atoms with Crippen LogP contribution in [0.3, 0.4) is 0 Å². The maximum atomic E-state index is 4.40. The van der Waals surface area contributed by atoms with E-state index in [1.807, 2.05) is 24.5 Å². The molecular weight excluding hydrogens is 248 g/mol. The molecule has 0 aliphatic heterocycles. The van der Waals surface area contributed by atoms with E-state index in [-0.39, 0.29) is 0 Å². The summed E-state index contributed by atoms with van der Waals surface area (Å²) in [6, 6.07) is 8.69. The van der Waals surface area contributed by atoms with Crippen LogP contribution in [-0.4, -0.2) is 23.1 Å². The van der Waals surface area contributed by atoms with Gasteiger partial charge in [0.1, 0.15) is 0 Å². The van der Waals surface area contributed by atoms with Gasteiger partial charge in [0.2, 0.25) is 0 Å². The lowest BCUT2D eigenvalue weighted by molar-refractivity contribution is 0.581. The average molecular weight is 270 g/mol. The number of rotatable bonds is 6. The molecule has 2 rings (SSSR count). The maximum Gasteiger partial charge on any atom is 0.0562 e. The van der Waals surface area contributed by atoms with Gasteiger partial charge in [0.25, 0.3) is 0 Å². The van der Waals surface area contributed by atoms with Gasteiger partial charge in [-0.15, -0.1) is 0 Å². The summed E-state index contributed by atoms with van der Waals surface area (Å²) >= 11 is 0. The van der Waals surface area contributed by atoms with Crippen molar-refractivity contribution in [2.24, 2.45) is 0 Å². The molecule has 2 aromatic rings. The van der Waals surface area contributed by atoms with Gasteiger partial charge in [-0.2, -0.15) is 0 Å². The molecule has 0 bridgehead atoms. The Balaban J connectivity index is 2.02. The molecule has 1 N–H and O–H groups in total. The largest absolute Gasteiger partial charge is 0.370 e. The third kappa shape index (κ3) is 4.31. The van der Waals surface area contributed by atoms with Crippen LogP contribution in [0.2, 0.25) is 0 Å². The molecule has 0 aliphatic carbocycles. The van der Waals surface area contributed by atoms with Crippen molar-refractivity contribution in [3.05, 3.63) is 54.1 Å². The smallest absolute Gasteiger partial charge is 0.0562 e. The van der Waals surface area contributed by atoms with Gasteiger partial charge >= 0.3 is 0 Å². The normalized spacial score (nSPS) is 10.8. The van der Waals surface area contributed by atoms with E-state index in [1.165, 1.54) is 11.3 Å². The number of pyridine rings is 2. The molecule has 0 unspecified atom stereocenters. The number of aromatic nitrogens is 2. The number of hydrogen-bond acceptors (Lipinski definition) is 4. The summed E-state index contributed by atoms with van der Waals surface area (Å²) in [6.45, 7) is 5.91. The van der Waals surface area contributed by atoms with Crippen molar-refractivity contribution in [1.29, 1.82) is 0 Å². The Bertz CT molecular complexity index is 525. The second-order valence-corrected chi connectivity index (χ2v) is 5.26. The predicted octanol–water partition coefficient (Wildman–Crippen LogP) is 2.61. The number of nitrogens with one attached hydrogen (secondary N) is 1. The zero-order valence-electron chi connectivity index (χ0n) is 12.4. The lowest BCUT2D eigenvalue weighted by Crippen LogP contribution is -2.23. The van der Waals surface area contributed by atoms with Gasteiger partial charge in [0.05, 0.1) is 5.69 Å². The first-order valence-electron chi connectivity index (χ1n) is 6.93. The molecule has 0 aromatic carbocycles. The van der Waals surface area contributed by atoms with Gasteiger partial charge in [0, 0.05) is 50.5 Å². The van der Waals surface area contributed by atoms with Crippen molar-refractivity contribution in [1.82, 2.24) is 15.3 Å². The zero-order valence-corrected chi connectivity index (χ0v) is 12.4. The standard InChI is InChI=1S/C16H22N4/c1-13(2)19-11-15-9-16(6-8-18-15)20(3)12-14-5-4-7-17-10-14/h4-10,13,19H,11-12H2,1-3H3. The third-order valence-electron chi connectivity index (χ3n) is 3.07. The van der Waals surface area contributed by atoms with Gasteiger partial charge in [0.15, 0.2) is 0 Å². The average Bonchev–Trinajstić information content (AvgIpc) is 2.46. The Labute approximate surface area is 120 Å². The van der Waals surface area contributed by atoms with Crippen LogP contribution in [-0.2, 0) is 13.1 Å². The second-order valence-electron chi connectivity index (χ2n) is 5.26. The summed E-state index contributed by atoms with van der Waals surface area (Å²) in [5.74, 6) is 0. The lowest BCUT2D eigenvalue weighted by atomic mass is 10.2. The van der Waals surface area contributed by atoms with Crippen molar-refractivity contribution in [2.75, 3.05) is 11.9 Å². The van der Waals surface area contributed by atoms with Gasteiger partial charge in [-0.3, -0.25) is 9.97 Å². The van der Waals surface area contributed by atoms with Crippen molar-refractivity contribution >= 4 is 5.69 Å².